The van der Waals surface area contributed by atoms with Gasteiger partial charge in [-0.1, -0.05) is 13.8 Å². The van der Waals surface area contributed by atoms with Gasteiger partial charge in [0, 0.05) is 29.2 Å². The molecule has 6 heteroatoms. The first-order valence-electron chi connectivity index (χ1n) is 9.14. The molecule has 1 aliphatic heterocycles. The van der Waals surface area contributed by atoms with Gasteiger partial charge < -0.3 is 15.4 Å². The van der Waals surface area contributed by atoms with Crippen LogP contribution in [0.15, 0.2) is 40.8 Å². The topological polar surface area (TPSA) is 58.5 Å². The summed E-state index contributed by atoms with van der Waals surface area (Å²) in [4.78, 5) is 8.88. The third-order valence-corrected chi connectivity index (χ3v) is 4.33. The number of alkyl halides is 1. The highest BCUT2D eigenvalue weighted by atomic mass is 19.1. The van der Waals surface area contributed by atoms with Crippen molar-refractivity contribution in [2.24, 2.45) is 4.99 Å². The number of hydrogen-bond acceptors (Lipinski definition) is 5. The van der Waals surface area contributed by atoms with E-state index in [0.29, 0.717) is 18.8 Å². The summed E-state index contributed by atoms with van der Waals surface area (Å²) in [6.07, 6.45) is 8.10. The second-order valence-electron chi connectivity index (χ2n) is 6.31. The fourth-order valence-corrected chi connectivity index (χ4v) is 2.73. The van der Waals surface area contributed by atoms with E-state index in [9.17, 15) is 4.39 Å². The van der Waals surface area contributed by atoms with Crippen LogP contribution in [0.4, 0.5) is 4.39 Å². The zero-order chi connectivity index (χ0) is 18.9. The Bertz CT molecular complexity index is 684. The molecule has 0 radical (unpaired) electrons. The Morgan fingerprint density at radius 2 is 2.27 bits per heavy atom. The van der Waals surface area contributed by atoms with Crippen LogP contribution >= 0.6 is 0 Å². The minimum Gasteiger partial charge on any atom is -0.474 e. The van der Waals surface area contributed by atoms with E-state index in [1.165, 1.54) is 5.70 Å². The highest BCUT2D eigenvalue weighted by molar-refractivity contribution is 5.82. The molecule has 0 aromatic carbocycles. The number of nitrogens with zero attached hydrogens (tertiary/aromatic N) is 2. The van der Waals surface area contributed by atoms with Gasteiger partial charge in [0.1, 0.15) is 12.8 Å². The maximum absolute atomic E-state index is 13.3. The molecule has 2 heterocycles. The minimum absolute atomic E-state index is 0.0434. The summed E-state index contributed by atoms with van der Waals surface area (Å²) < 4.78 is 18.7. The normalized spacial score (nSPS) is 18.3. The maximum atomic E-state index is 13.3. The van der Waals surface area contributed by atoms with Gasteiger partial charge in [0.05, 0.1) is 12.6 Å². The first kappa shape index (κ1) is 20.1. The van der Waals surface area contributed by atoms with Crippen molar-refractivity contribution in [1.82, 2.24) is 15.6 Å². The average Bonchev–Trinajstić information content (AvgIpc) is 2.66. The quantitative estimate of drug-likeness (QED) is 0.662. The predicted octanol–water partition coefficient (Wildman–Crippen LogP) is 3.46. The molecule has 2 N–H and O–H groups in total. The zero-order valence-electron chi connectivity index (χ0n) is 16.1. The van der Waals surface area contributed by atoms with E-state index >= 15 is 0 Å². The van der Waals surface area contributed by atoms with Crippen molar-refractivity contribution in [3.8, 4) is 5.88 Å². The minimum atomic E-state index is -0.959. The highest BCUT2D eigenvalue weighted by Gasteiger charge is 2.15. The number of aromatic nitrogens is 1. The van der Waals surface area contributed by atoms with Crippen LogP contribution in [0, 0.1) is 6.92 Å². The Hall–Kier alpha value is -2.21. The maximum Gasteiger partial charge on any atom is 0.216 e. The molecule has 2 atom stereocenters. The van der Waals surface area contributed by atoms with Crippen molar-refractivity contribution in [2.45, 2.75) is 52.4 Å². The Morgan fingerprint density at radius 1 is 1.46 bits per heavy atom. The van der Waals surface area contributed by atoms with Gasteiger partial charge in [-0.25, -0.2) is 9.37 Å². The Balaban J connectivity index is 2.01. The number of aliphatic imine (C=N–C) groups is 1. The molecular weight excluding hydrogens is 331 g/mol. The molecule has 2 unspecified atom stereocenters. The molecular formula is C20H29FN4O. The molecule has 0 saturated heterocycles. The van der Waals surface area contributed by atoms with Crippen LogP contribution in [0.2, 0.25) is 0 Å². The lowest BCUT2D eigenvalue weighted by Crippen LogP contribution is -2.32. The lowest BCUT2D eigenvalue weighted by atomic mass is 10.0. The van der Waals surface area contributed by atoms with Gasteiger partial charge in [-0.15, -0.1) is 0 Å². The van der Waals surface area contributed by atoms with Crippen LogP contribution in [-0.2, 0) is 6.54 Å². The lowest BCUT2D eigenvalue weighted by Gasteiger charge is -2.22. The molecule has 0 amide bonds. The number of allylic oxidation sites excluding steroid dienone is 1. The van der Waals surface area contributed by atoms with E-state index in [1.807, 2.05) is 32.5 Å². The van der Waals surface area contributed by atoms with Gasteiger partial charge in [-0.3, -0.25) is 4.99 Å². The van der Waals surface area contributed by atoms with E-state index in [0.717, 1.165) is 23.1 Å². The summed E-state index contributed by atoms with van der Waals surface area (Å²) in [6, 6.07) is 2.15. The number of likely N-dealkylation sites (N-methyl/N-ethyl adjacent to an activating group) is 1. The van der Waals surface area contributed by atoms with Crippen LogP contribution < -0.4 is 15.4 Å². The number of aryl methyl sites for hydroxylation is 1. The van der Waals surface area contributed by atoms with E-state index < -0.39 is 6.17 Å². The summed E-state index contributed by atoms with van der Waals surface area (Å²) >= 11 is 0. The van der Waals surface area contributed by atoms with Gasteiger partial charge in [0.15, 0.2) is 0 Å². The summed E-state index contributed by atoms with van der Waals surface area (Å²) in [5, 5.41) is 6.56. The van der Waals surface area contributed by atoms with Crippen molar-refractivity contribution in [2.75, 3.05) is 13.7 Å². The number of nitrogens with one attached hydrogen (secondary N) is 2. The monoisotopic (exact) mass is 360 g/mol. The number of rotatable bonds is 9. The molecule has 1 aromatic rings. The van der Waals surface area contributed by atoms with E-state index in [2.05, 4.69) is 33.6 Å². The fraction of sp³-hybridized carbons (Fsp3) is 0.500. The predicted molar refractivity (Wildman–Crippen MR) is 104 cm³/mol. The van der Waals surface area contributed by atoms with Crippen LogP contribution in [0.3, 0.4) is 0 Å². The molecule has 0 saturated carbocycles. The zero-order valence-corrected chi connectivity index (χ0v) is 16.1. The van der Waals surface area contributed by atoms with Crippen molar-refractivity contribution < 1.29 is 9.13 Å². The number of hydrogen-bond donors (Lipinski definition) is 2. The third-order valence-electron chi connectivity index (χ3n) is 4.33. The van der Waals surface area contributed by atoms with Crippen LogP contribution in [0.25, 0.3) is 0 Å². The Morgan fingerprint density at radius 3 is 2.92 bits per heavy atom. The number of pyridine rings is 1. The molecule has 2 rings (SSSR count). The third kappa shape index (κ3) is 5.39. The molecule has 0 bridgehead atoms. The molecule has 0 spiro atoms. The molecule has 142 valence electrons. The van der Waals surface area contributed by atoms with Gasteiger partial charge in [0.2, 0.25) is 5.88 Å². The van der Waals surface area contributed by atoms with Crippen molar-refractivity contribution in [3.05, 3.63) is 46.9 Å². The summed E-state index contributed by atoms with van der Waals surface area (Å²) in [6.45, 7) is 6.41. The molecule has 0 aliphatic carbocycles. The largest absolute Gasteiger partial charge is 0.474 e. The van der Waals surface area contributed by atoms with E-state index in [-0.39, 0.29) is 12.6 Å². The van der Waals surface area contributed by atoms with Gasteiger partial charge in [0.25, 0.3) is 0 Å². The fourth-order valence-electron chi connectivity index (χ4n) is 2.73. The first-order valence-corrected chi connectivity index (χ1v) is 9.14. The van der Waals surface area contributed by atoms with Crippen molar-refractivity contribution in [3.63, 3.8) is 0 Å². The second kappa shape index (κ2) is 10.1. The standard InChI is InChI=1S/C20H29FN4O/c1-5-16(21)13-26-20-14(3)9-15(11-25-20)10-23-12-17-18(6-2)24-8-7-19(17)22-4/h7-9,11-12,16,19,22,24H,5-6,10,13H2,1-4H3. The number of halogens is 1. The molecule has 0 fully saturated rings. The first-order chi connectivity index (χ1) is 12.6. The summed E-state index contributed by atoms with van der Waals surface area (Å²) in [5.74, 6) is 0.488. The molecule has 1 aliphatic rings. The van der Waals surface area contributed by atoms with Gasteiger partial charge in [-0.05, 0) is 50.7 Å². The molecule has 26 heavy (non-hydrogen) atoms. The van der Waals surface area contributed by atoms with E-state index in [1.54, 1.807) is 13.1 Å². The van der Waals surface area contributed by atoms with Gasteiger partial charge in [-0.2, -0.15) is 0 Å². The summed E-state index contributed by atoms with van der Waals surface area (Å²) in [7, 11) is 1.94. The Kier molecular flexibility index (Phi) is 7.78. The van der Waals surface area contributed by atoms with E-state index in [4.69, 9.17) is 4.74 Å². The van der Waals surface area contributed by atoms with Gasteiger partial charge >= 0.3 is 0 Å². The second-order valence-corrected chi connectivity index (χ2v) is 6.31. The number of ether oxygens (including phenoxy) is 1. The SMILES string of the molecule is CCC1=C(C=NCc2cnc(OCC(F)CC)c(C)c2)C(NC)C=CN1. The summed E-state index contributed by atoms with van der Waals surface area (Å²) in [5.41, 5.74) is 4.21. The van der Waals surface area contributed by atoms with Crippen LogP contribution in [-0.4, -0.2) is 37.1 Å². The highest BCUT2D eigenvalue weighted by Crippen LogP contribution is 2.18. The Labute approximate surface area is 155 Å². The van der Waals surface area contributed by atoms with Crippen molar-refractivity contribution in [1.29, 1.82) is 0 Å². The van der Waals surface area contributed by atoms with Crippen LogP contribution in [0.1, 0.15) is 37.8 Å². The van der Waals surface area contributed by atoms with Crippen LogP contribution in [0.5, 0.6) is 5.88 Å². The average molecular weight is 360 g/mol. The number of dihydropyridines is 1. The van der Waals surface area contributed by atoms with Crippen molar-refractivity contribution >= 4 is 6.21 Å². The molecule has 1 aromatic heterocycles. The lowest BCUT2D eigenvalue weighted by molar-refractivity contribution is 0.185. The molecule has 5 nitrogen and oxygen atoms in total. The smallest absolute Gasteiger partial charge is 0.216 e.